The maximum atomic E-state index is 12.4. The summed E-state index contributed by atoms with van der Waals surface area (Å²) < 4.78 is 32.2. The van der Waals surface area contributed by atoms with Gasteiger partial charge in [0.25, 0.3) is 10.1 Å². The number of rotatable bonds is 29. The van der Waals surface area contributed by atoms with Gasteiger partial charge in [-0.25, -0.2) is 0 Å². The second-order valence-electron chi connectivity index (χ2n) is 11.4. The highest BCUT2D eigenvalue weighted by Crippen LogP contribution is 2.09. The zero-order valence-corrected chi connectivity index (χ0v) is 29.0. The first kappa shape index (κ1) is 42.5. The van der Waals surface area contributed by atoms with Crippen LogP contribution in [0.2, 0.25) is 0 Å². The van der Waals surface area contributed by atoms with Gasteiger partial charge >= 0.3 is 0 Å². The van der Waals surface area contributed by atoms with E-state index in [0.717, 1.165) is 77.0 Å². The molecule has 0 heterocycles. The van der Waals surface area contributed by atoms with E-state index in [1.165, 1.54) is 25.3 Å². The minimum Gasteiger partial charge on any atom is -0.387 e. The predicted octanol–water partition coefficient (Wildman–Crippen LogP) is 9.67. The average Bonchev–Trinajstić information content (AvgIpc) is 3.00. The number of hydrogen-bond acceptors (Lipinski definition) is 4. The summed E-state index contributed by atoms with van der Waals surface area (Å²) in [6.45, 7) is 4.32. The van der Waals surface area contributed by atoms with E-state index in [2.05, 4.69) is 92.1 Å². The molecule has 0 saturated carbocycles. The Hall–Kier alpha value is -2.48. The molecule has 0 spiro atoms. The van der Waals surface area contributed by atoms with E-state index in [1.807, 2.05) is 0 Å². The fourth-order valence-electron chi connectivity index (χ4n) is 4.49. The third-order valence-corrected chi connectivity index (χ3v) is 7.84. The molecule has 45 heavy (non-hydrogen) atoms. The Morgan fingerprint density at radius 2 is 1.09 bits per heavy atom. The van der Waals surface area contributed by atoms with E-state index >= 15 is 0 Å². The van der Waals surface area contributed by atoms with Gasteiger partial charge in [0.1, 0.15) is 0 Å². The van der Waals surface area contributed by atoms with Gasteiger partial charge in [0.05, 0.1) is 17.9 Å². The number of allylic oxidation sites excluding steroid dienone is 13. The van der Waals surface area contributed by atoms with Gasteiger partial charge in [-0.3, -0.25) is 9.35 Å². The fraction of sp³-hybridized carbons (Fsp3) is 0.605. The monoisotopic (exact) mass is 645 g/mol. The van der Waals surface area contributed by atoms with Crippen molar-refractivity contribution in [1.82, 2.24) is 5.32 Å². The van der Waals surface area contributed by atoms with Gasteiger partial charge in [0.2, 0.25) is 5.91 Å². The second kappa shape index (κ2) is 31.5. The smallest absolute Gasteiger partial charge is 0.267 e. The number of hydrogen-bond donors (Lipinski definition) is 3. The molecule has 0 aliphatic heterocycles. The number of nitrogens with one attached hydrogen (secondary N) is 1. The first-order valence-corrected chi connectivity index (χ1v) is 18.9. The Morgan fingerprint density at radius 3 is 1.67 bits per heavy atom. The lowest BCUT2D eigenvalue weighted by Crippen LogP contribution is -2.46. The maximum absolute atomic E-state index is 12.4. The molecule has 0 fully saturated rings. The van der Waals surface area contributed by atoms with E-state index in [9.17, 15) is 22.9 Å². The Balaban J connectivity index is 4.05. The van der Waals surface area contributed by atoms with Crippen molar-refractivity contribution in [3.8, 4) is 0 Å². The lowest BCUT2D eigenvalue weighted by atomic mass is 10.1. The fourth-order valence-corrected chi connectivity index (χ4v) is 5.22. The van der Waals surface area contributed by atoms with Gasteiger partial charge in [0.15, 0.2) is 0 Å². The molecule has 0 radical (unpaired) electrons. The molecule has 6 nitrogen and oxygen atoms in total. The van der Waals surface area contributed by atoms with Crippen LogP contribution in [-0.4, -0.2) is 41.9 Å². The highest BCUT2D eigenvalue weighted by Gasteiger charge is 2.24. The van der Waals surface area contributed by atoms with Crippen molar-refractivity contribution in [2.24, 2.45) is 0 Å². The molecule has 2 unspecified atom stereocenters. The van der Waals surface area contributed by atoms with E-state index in [1.54, 1.807) is 6.08 Å². The van der Waals surface area contributed by atoms with Gasteiger partial charge < -0.3 is 10.4 Å². The number of aliphatic hydroxyl groups excluding tert-OH is 1. The van der Waals surface area contributed by atoms with Crippen LogP contribution in [0.3, 0.4) is 0 Å². The second-order valence-corrected chi connectivity index (χ2v) is 12.9. The minimum absolute atomic E-state index is 0.260. The predicted molar refractivity (Wildman–Crippen MR) is 193 cm³/mol. The summed E-state index contributed by atoms with van der Waals surface area (Å²) in [5, 5.41) is 13.1. The number of unbranched alkanes of at least 4 members (excludes halogenated alkanes) is 9. The third-order valence-electron chi connectivity index (χ3n) is 7.06. The van der Waals surface area contributed by atoms with Crippen LogP contribution >= 0.6 is 0 Å². The topological polar surface area (TPSA) is 104 Å². The summed E-state index contributed by atoms with van der Waals surface area (Å²) in [4.78, 5) is 12.4. The molecule has 0 aromatic carbocycles. The van der Waals surface area contributed by atoms with Crippen molar-refractivity contribution < 1.29 is 22.9 Å². The first-order chi connectivity index (χ1) is 21.8. The molecule has 3 N–H and O–H groups in total. The molecular formula is C38H63NO5S. The van der Waals surface area contributed by atoms with Crippen LogP contribution in [0.4, 0.5) is 0 Å². The van der Waals surface area contributed by atoms with Crippen LogP contribution in [0.15, 0.2) is 85.1 Å². The normalized spacial score (nSPS) is 14.5. The van der Waals surface area contributed by atoms with Crippen LogP contribution in [-0.2, 0) is 14.9 Å². The highest BCUT2D eigenvalue weighted by molar-refractivity contribution is 7.85. The minimum atomic E-state index is -4.36. The Kier molecular flexibility index (Phi) is 29.8. The summed E-state index contributed by atoms with van der Waals surface area (Å²) in [6.07, 6.45) is 45.7. The Labute approximate surface area is 276 Å². The van der Waals surface area contributed by atoms with Crippen molar-refractivity contribution in [2.45, 2.75) is 142 Å². The standard InChI is InChI=1S/C38H63NO5S/c1-3-5-7-9-11-13-14-15-16-17-18-19-20-21-22-23-24-26-28-30-32-34-38(41)39-36(35-45(42,43)44)37(40)33-31-29-27-25-12-10-8-6-4-2/h5,7,11-13,15-16,18-19,21-22,25,31,33,36-37,40H,3-4,6,8-10,14,17,20,23-24,26-30,32,34-35H2,1-2H3,(H,39,41)(H,42,43,44)/b7-5-,13-11-,16-15-,19-18-,22-21-,25-12+,33-31+. The van der Waals surface area contributed by atoms with E-state index < -0.39 is 28.0 Å². The van der Waals surface area contributed by atoms with E-state index in [0.29, 0.717) is 12.8 Å². The van der Waals surface area contributed by atoms with Crippen molar-refractivity contribution in [3.63, 3.8) is 0 Å². The molecule has 2 atom stereocenters. The molecule has 256 valence electrons. The molecule has 0 aromatic heterocycles. The molecule has 0 aromatic rings. The van der Waals surface area contributed by atoms with Crippen LogP contribution in [0, 0.1) is 0 Å². The third kappa shape index (κ3) is 32.7. The summed E-state index contributed by atoms with van der Waals surface area (Å²) in [5.74, 6) is -1.04. The molecule has 0 rings (SSSR count). The highest BCUT2D eigenvalue weighted by atomic mass is 32.2. The van der Waals surface area contributed by atoms with E-state index in [4.69, 9.17) is 0 Å². The molecule has 0 bridgehead atoms. The average molecular weight is 646 g/mol. The maximum Gasteiger partial charge on any atom is 0.267 e. The number of amides is 1. The summed E-state index contributed by atoms with van der Waals surface area (Å²) in [7, 11) is -4.36. The van der Waals surface area contributed by atoms with Gasteiger partial charge in [-0.1, -0.05) is 131 Å². The summed E-state index contributed by atoms with van der Waals surface area (Å²) in [6, 6.07) is -1.09. The van der Waals surface area contributed by atoms with Gasteiger partial charge in [-0.15, -0.1) is 0 Å². The van der Waals surface area contributed by atoms with Crippen LogP contribution in [0.25, 0.3) is 0 Å². The van der Waals surface area contributed by atoms with Crippen molar-refractivity contribution in [2.75, 3.05) is 5.75 Å². The molecule has 1 amide bonds. The number of aliphatic hydroxyl groups is 1. The number of carbonyl (C=O) groups excluding carboxylic acids is 1. The van der Waals surface area contributed by atoms with Gasteiger partial charge in [-0.05, 0) is 77.0 Å². The summed E-state index contributed by atoms with van der Waals surface area (Å²) >= 11 is 0. The van der Waals surface area contributed by atoms with Crippen LogP contribution in [0.1, 0.15) is 129 Å². The Morgan fingerprint density at radius 1 is 0.622 bits per heavy atom. The SMILES string of the molecule is CC/C=C\C/C=C\C/C=C\C/C=C\C/C=C\CCCCCCCC(=O)NC(CS(=O)(=O)O)C(O)/C=C/CC/C=C/CCCCC. The van der Waals surface area contributed by atoms with Gasteiger partial charge in [-0.2, -0.15) is 8.42 Å². The zero-order chi connectivity index (χ0) is 33.3. The lowest BCUT2D eigenvalue weighted by Gasteiger charge is -2.21. The van der Waals surface area contributed by atoms with Crippen molar-refractivity contribution >= 4 is 16.0 Å². The van der Waals surface area contributed by atoms with E-state index in [-0.39, 0.29) is 12.3 Å². The Bertz CT molecular complexity index is 1020. The molecule has 0 aliphatic rings. The van der Waals surface area contributed by atoms with Crippen LogP contribution < -0.4 is 5.32 Å². The molecule has 0 saturated heterocycles. The molecule has 0 aliphatic carbocycles. The molecular weight excluding hydrogens is 582 g/mol. The van der Waals surface area contributed by atoms with Crippen molar-refractivity contribution in [1.29, 1.82) is 0 Å². The lowest BCUT2D eigenvalue weighted by molar-refractivity contribution is -0.122. The quantitative estimate of drug-likeness (QED) is 0.0427. The molecule has 7 heteroatoms. The van der Waals surface area contributed by atoms with Crippen LogP contribution in [0.5, 0.6) is 0 Å². The summed E-state index contributed by atoms with van der Waals surface area (Å²) in [5.41, 5.74) is 0. The zero-order valence-electron chi connectivity index (χ0n) is 28.2. The van der Waals surface area contributed by atoms with Gasteiger partial charge in [0, 0.05) is 6.42 Å². The largest absolute Gasteiger partial charge is 0.387 e. The first-order valence-electron chi connectivity index (χ1n) is 17.3. The van der Waals surface area contributed by atoms with Crippen molar-refractivity contribution in [3.05, 3.63) is 85.1 Å². The number of carbonyl (C=O) groups is 1.